The zero-order chi connectivity index (χ0) is 18.0. The topological polar surface area (TPSA) is 80.3 Å². The first-order valence-corrected chi connectivity index (χ1v) is 8.60. The molecule has 1 aliphatic rings. The molecule has 7 nitrogen and oxygen atoms in total. The number of aromatic nitrogens is 3. The van der Waals surface area contributed by atoms with Crippen LogP contribution in [0.25, 0.3) is 0 Å². The van der Waals surface area contributed by atoms with Crippen molar-refractivity contribution in [2.75, 3.05) is 31.1 Å². The van der Waals surface area contributed by atoms with Gasteiger partial charge in [-0.1, -0.05) is 0 Å². The minimum Gasteiger partial charge on any atom is -0.368 e. The summed E-state index contributed by atoms with van der Waals surface area (Å²) in [4.78, 5) is 20.2. The quantitative estimate of drug-likeness (QED) is 0.910. The van der Waals surface area contributed by atoms with Gasteiger partial charge in [-0.2, -0.15) is 5.10 Å². The molecule has 0 aromatic carbocycles. The van der Waals surface area contributed by atoms with Gasteiger partial charge in [-0.25, -0.2) is 0 Å². The Morgan fingerprint density at radius 2 is 1.92 bits per heavy atom. The van der Waals surface area contributed by atoms with Gasteiger partial charge in [0, 0.05) is 56.9 Å². The lowest BCUT2D eigenvalue weighted by molar-refractivity contribution is 0.1000. The molecule has 2 aromatic rings. The van der Waals surface area contributed by atoms with Gasteiger partial charge in [0.05, 0.1) is 23.0 Å². The van der Waals surface area contributed by atoms with Gasteiger partial charge < -0.3 is 10.6 Å². The third kappa shape index (κ3) is 3.99. The lowest BCUT2D eigenvalue weighted by Gasteiger charge is -2.36. The highest BCUT2D eigenvalue weighted by molar-refractivity contribution is 5.98. The molecule has 1 amide bonds. The molecule has 0 saturated carbocycles. The van der Waals surface area contributed by atoms with Gasteiger partial charge in [0.2, 0.25) is 0 Å². The van der Waals surface area contributed by atoms with Gasteiger partial charge >= 0.3 is 0 Å². The van der Waals surface area contributed by atoms with E-state index in [1.807, 2.05) is 16.9 Å². The van der Waals surface area contributed by atoms with Gasteiger partial charge in [0.15, 0.2) is 0 Å². The van der Waals surface area contributed by atoms with Crippen LogP contribution in [0.1, 0.15) is 36.7 Å². The third-order valence-corrected chi connectivity index (χ3v) is 4.51. The second-order valence-corrected chi connectivity index (χ2v) is 7.48. The van der Waals surface area contributed by atoms with Crippen LogP contribution in [-0.4, -0.2) is 51.8 Å². The van der Waals surface area contributed by atoms with Crippen LogP contribution >= 0.6 is 0 Å². The number of primary amides is 1. The highest BCUT2D eigenvalue weighted by atomic mass is 16.1. The Bertz CT molecular complexity index is 740. The van der Waals surface area contributed by atoms with Crippen LogP contribution in [0, 0.1) is 0 Å². The fraction of sp³-hybridized carbons (Fsp3) is 0.500. The van der Waals surface area contributed by atoms with E-state index >= 15 is 0 Å². The standard InChI is InChI=1S/C18H26N6O/c1-18(2,3)24-13-14(10-21-24)12-22-6-8-23(9-7-22)16-4-5-20-11-15(16)17(19)25/h4-5,10-11,13H,6-9,12H2,1-3H3,(H2,19,25). The predicted molar refractivity (Wildman–Crippen MR) is 97.5 cm³/mol. The molecule has 0 aliphatic carbocycles. The van der Waals surface area contributed by atoms with E-state index in [-0.39, 0.29) is 5.54 Å². The minimum atomic E-state index is -0.430. The number of amides is 1. The van der Waals surface area contributed by atoms with Crippen LogP contribution in [0.3, 0.4) is 0 Å². The largest absolute Gasteiger partial charge is 0.368 e. The number of rotatable bonds is 4. The summed E-state index contributed by atoms with van der Waals surface area (Å²) >= 11 is 0. The molecule has 1 saturated heterocycles. The summed E-state index contributed by atoms with van der Waals surface area (Å²) in [6.07, 6.45) is 7.33. The zero-order valence-corrected chi connectivity index (χ0v) is 15.1. The highest BCUT2D eigenvalue weighted by Gasteiger charge is 2.22. The van der Waals surface area contributed by atoms with Crippen molar-refractivity contribution >= 4 is 11.6 Å². The fourth-order valence-electron chi connectivity index (χ4n) is 3.07. The molecule has 134 valence electrons. The predicted octanol–water partition coefficient (Wildman–Crippen LogP) is 1.45. The van der Waals surface area contributed by atoms with Gasteiger partial charge in [0.1, 0.15) is 0 Å². The maximum Gasteiger partial charge on any atom is 0.252 e. The number of nitrogens with zero attached hydrogens (tertiary/aromatic N) is 5. The van der Waals surface area contributed by atoms with Crippen molar-refractivity contribution in [1.29, 1.82) is 0 Å². The monoisotopic (exact) mass is 342 g/mol. The third-order valence-electron chi connectivity index (χ3n) is 4.51. The number of pyridine rings is 1. The molecule has 0 radical (unpaired) electrons. The van der Waals surface area contributed by atoms with Crippen LogP contribution in [0.15, 0.2) is 30.9 Å². The van der Waals surface area contributed by atoms with Crippen molar-refractivity contribution < 1.29 is 4.79 Å². The second-order valence-electron chi connectivity index (χ2n) is 7.48. The molecule has 2 aromatic heterocycles. The van der Waals surface area contributed by atoms with E-state index in [0.29, 0.717) is 5.56 Å². The van der Waals surface area contributed by atoms with Crippen molar-refractivity contribution in [3.63, 3.8) is 0 Å². The van der Waals surface area contributed by atoms with Crippen LogP contribution in [0.2, 0.25) is 0 Å². The van der Waals surface area contributed by atoms with E-state index in [0.717, 1.165) is 38.4 Å². The molecule has 3 heterocycles. The molecule has 1 fully saturated rings. The summed E-state index contributed by atoms with van der Waals surface area (Å²) in [6, 6.07) is 1.86. The Balaban J connectivity index is 1.61. The summed E-state index contributed by atoms with van der Waals surface area (Å²) in [5, 5.41) is 4.47. The smallest absolute Gasteiger partial charge is 0.252 e. The van der Waals surface area contributed by atoms with E-state index in [1.165, 1.54) is 5.56 Å². The Morgan fingerprint density at radius 1 is 1.20 bits per heavy atom. The molecule has 7 heteroatoms. The van der Waals surface area contributed by atoms with Crippen molar-refractivity contribution in [2.45, 2.75) is 32.9 Å². The number of piperazine rings is 1. The maximum absolute atomic E-state index is 11.6. The Morgan fingerprint density at radius 3 is 2.52 bits per heavy atom. The maximum atomic E-state index is 11.6. The lowest BCUT2D eigenvalue weighted by Crippen LogP contribution is -2.46. The van der Waals surface area contributed by atoms with E-state index in [2.05, 4.69) is 46.9 Å². The summed E-state index contributed by atoms with van der Waals surface area (Å²) in [6.45, 7) is 10.9. The first-order chi connectivity index (χ1) is 11.8. The normalized spacial score (nSPS) is 16.2. The number of hydrogen-bond acceptors (Lipinski definition) is 5. The van der Waals surface area contributed by atoms with Crippen LogP contribution in [-0.2, 0) is 12.1 Å². The van der Waals surface area contributed by atoms with Gasteiger partial charge in [-0.05, 0) is 26.8 Å². The SMILES string of the molecule is CC(C)(C)n1cc(CN2CCN(c3ccncc3C(N)=O)CC2)cn1. The molecule has 25 heavy (non-hydrogen) atoms. The minimum absolute atomic E-state index is 0.00343. The van der Waals surface area contributed by atoms with E-state index in [1.54, 1.807) is 12.4 Å². The molecule has 3 rings (SSSR count). The molecule has 2 N–H and O–H groups in total. The van der Waals surface area contributed by atoms with Gasteiger partial charge in [0.25, 0.3) is 5.91 Å². The molecular formula is C18H26N6O. The van der Waals surface area contributed by atoms with Crippen LogP contribution in [0.5, 0.6) is 0 Å². The highest BCUT2D eigenvalue weighted by Crippen LogP contribution is 2.21. The van der Waals surface area contributed by atoms with Crippen LogP contribution < -0.4 is 10.6 Å². The number of carbonyl (C=O) groups is 1. The van der Waals surface area contributed by atoms with Crippen molar-refractivity contribution in [1.82, 2.24) is 19.7 Å². The Labute approximate surface area is 148 Å². The Kier molecular flexibility index (Phi) is 4.76. The molecule has 0 unspecified atom stereocenters. The summed E-state index contributed by atoms with van der Waals surface area (Å²) in [5.41, 5.74) is 8.06. The van der Waals surface area contributed by atoms with Crippen molar-refractivity contribution in [3.05, 3.63) is 42.0 Å². The van der Waals surface area contributed by atoms with Gasteiger partial charge in [-0.3, -0.25) is 19.4 Å². The Hall–Kier alpha value is -2.41. The average Bonchev–Trinajstić information content (AvgIpc) is 3.04. The molecule has 0 bridgehead atoms. The first-order valence-electron chi connectivity index (χ1n) is 8.60. The first kappa shape index (κ1) is 17.4. The number of anilines is 1. The van der Waals surface area contributed by atoms with Crippen molar-refractivity contribution in [3.8, 4) is 0 Å². The van der Waals surface area contributed by atoms with E-state index in [9.17, 15) is 4.79 Å². The molecule has 0 atom stereocenters. The van der Waals surface area contributed by atoms with Crippen molar-refractivity contribution in [2.24, 2.45) is 5.73 Å². The number of nitrogens with two attached hydrogens (primary N) is 1. The van der Waals surface area contributed by atoms with Gasteiger partial charge in [-0.15, -0.1) is 0 Å². The van der Waals surface area contributed by atoms with E-state index < -0.39 is 5.91 Å². The molecule has 0 spiro atoms. The second kappa shape index (κ2) is 6.84. The summed E-state index contributed by atoms with van der Waals surface area (Å²) in [7, 11) is 0. The summed E-state index contributed by atoms with van der Waals surface area (Å²) < 4.78 is 2.01. The number of carbonyl (C=O) groups excluding carboxylic acids is 1. The zero-order valence-electron chi connectivity index (χ0n) is 15.1. The average molecular weight is 342 g/mol. The molecular weight excluding hydrogens is 316 g/mol. The van der Waals surface area contributed by atoms with Crippen LogP contribution in [0.4, 0.5) is 5.69 Å². The summed E-state index contributed by atoms with van der Waals surface area (Å²) in [5.74, 6) is -0.430. The number of hydrogen-bond donors (Lipinski definition) is 1. The lowest BCUT2D eigenvalue weighted by atomic mass is 10.1. The van der Waals surface area contributed by atoms with E-state index in [4.69, 9.17) is 5.73 Å². The molecule has 1 aliphatic heterocycles. The fourth-order valence-corrected chi connectivity index (χ4v) is 3.07.